The molecule has 1 heterocycles. The molecule has 0 unspecified atom stereocenters. The highest BCUT2D eigenvalue weighted by Crippen LogP contribution is 2.41. The Morgan fingerprint density at radius 3 is 2.54 bits per heavy atom. The third-order valence-corrected chi connectivity index (χ3v) is 7.91. The number of benzene rings is 3. The SMILES string of the molecule is CCOc1cc(/C=C2\SC(=S)N(c3ccc(Cl)cc3Cl)C2=O)cc(I)c1OCc1ccccc1Cl. The van der Waals surface area contributed by atoms with E-state index in [-0.39, 0.29) is 5.91 Å². The van der Waals surface area contributed by atoms with Crippen molar-refractivity contribution in [3.05, 3.63) is 89.3 Å². The molecule has 0 radical (unpaired) electrons. The van der Waals surface area contributed by atoms with E-state index in [1.807, 2.05) is 43.3 Å². The molecule has 10 heteroatoms. The summed E-state index contributed by atoms with van der Waals surface area (Å²) in [6.45, 7) is 2.66. The average molecular weight is 677 g/mol. The minimum Gasteiger partial charge on any atom is -0.490 e. The molecule has 0 aromatic heterocycles. The molecule has 0 bridgehead atoms. The van der Waals surface area contributed by atoms with Crippen molar-refractivity contribution in [3.63, 3.8) is 0 Å². The molecule has 1 amide bonds. The Bertz CT molecular complexity index is 1350. The number of hydrogen-bond donors (Lipinski definition) is 0. The highest BCUT2D eigenvalue weighted by Gasteiger charge is 2.34. The van der Waals surface area contributed by atoms with Gasteiger partial charge in [0, 0.05) is 15.6 Å². The normalized spacial score (nSPS) is 14.7. The number of amides is 1. The third-order valence-electron chi connectivity index (χ3n) is 4.90. The van der Waals surface area contributed by atoms with Crippen molar-refractivity contribution in [1.82, 2.24) is 0 Å². The standard InChI is InChI=1S/C25H17Cl3INO3S2/c1-2-32-21-10-14(9-19(29)23(21)33-13-15-5-3-4-6-17(15)27)11-22-24(31)30(25(34)35-22)20-8-7-16(26)12-18(20)28/h3-12H,2,13H2,1H3/b22-11-. The van der Waals surface area contributed by atoms with Crippen LogP contribution in [0.25, 0.3) is 6.08 Å². The summed E-state index contributed by atoms with van der Waals surface area (Å²) in [6.07, 6.45) is 1.78. The number of hydrogen-bond acceptors (Lipinski definition) is 5. The number of ether oxygens (including phenoxy) is 2. The van der Waals surface area contributed by atoms with E-state index in [1.165, 1.54) is 16.7 Å². The van der Waals surface area contributed by atoms with E-state index in [0.29, 0.717) is 54.7 Å². The van der Waals surface area contributed by atoms with Crippen LogP contribution in [0, 0.1) is 3.57 Å². The topological polar surface area (TPSA) is 38.8 Å². The van der Waals surface area contributed by atoms with Gasteiger partial charge in [-0.25, -0.2) is 0 Å². The van der Waals surface area contributed by atoms with Crippen LogP contribution in [-0.4, -0.2) is 16.8 Å². The molecule has 3 aromatic carbocycles. The van der Waals surface area contributed by atoms with Crippen molar-refractivity contribution in [2.75, 3.05) is 11.5 Å². The maximum atomic E-state index is 13.2. The molecule has 0 atom stereocenters. The lowest BCUT2D eigenvalue weighted by Crippen LogP contribution is -2.27. The van der Waals surface area contributed by atoms with E-state index < -0.39 is 0 Å². The van der Waals surface area contributed by atoms with Gasteiger partial charge in [-0.1, -0.05) is 77.0 Å². The van der Waals surface area contributed by atoms with Gasteiger partial charge in [0.15, 0.2) is 15.8 Å². The van der Waals surface area contributed by atoms with Crippen LogP contribution in [0.5, 0.6) is 11.5 Å². The van der Waals surface area contributed by atoms with Gasteiger partial charge in [-0.05, 0) is 77.6 Å². The second kappa shape index (κ2) is 11.7. The van der Waals surface area contributed by atoms with E-state index in [1.54, 1.807) is 24.3 Å². The number of carbonyl (C=O) groups is 1. The summed E-state index contributed by atoms with van der Waals surface area (Å²) in [4.78, 5) is 15.1. The molecular weight excluding hydrogens is 660 g/mol. The van der Waals surface area contributed by atoms with Gasteiger partial charge in [-0.15, -0.1) is 0 Å². The Morgan fingerprint density at radius 1 is 1.06 bits per heavy atom. The highest BCUT2D eigenvalue weighted by atomic mass is 127. The van der Waals surface area contributed by atoms with Gasteiger partial charge in [-0.3, -0.25) is 9.69 Å². The van der Waals surface area contributed by atoms with Crippen LogP contribution in [0.3, 0.4) is 0 Å². The van der Waals surface area contributed by atoms with Crippen molar-refractivity contribution >= 4 is 103 Å². The molecule has 4 nitrogen and oxygen atoms in total. The second-order valence-corrected chi connectivity index (χ2v) is 11.3. The molecule has 180 valence electrons. The predicted molar refractivity (Wildman–Crippen MR) is 158 cm³/mol. The third kappa shape index (κ3) is 6.09. The summed E-state index contributed by atoms with van der Waals surface area (Å²) in [5.41, 5.74) is 2.15. The number of nitrogens with zero attached hydrogens (tertiary/aromatic N) is 1. The van der Waals surface area contributed by atoms with Crippen molar-refractivity contribution in [2.45, 2.75) is 13.5 Å². The number of halogens is 4. The summed E-state index contributed by atoms with van der Waals surface area (Å²) >= 11 is 27.5. The van der Waals surface area contributed by atoms with E-state index in [0.717, 1.165) is 14.7 Å². The van der Waals surface area contributed by atoms with E-state index in [2.05, 4.69) is 22.6 Å². The van der Waals surface area contributed by atoms with E-state index >= 15 is 0 Å². The smallest absolute Gasteiger partial charge is 0.270 e. The first-order chi connectivity index (χ1) is 16.8. The van der Waals surface area contributed by atoms with Crippen molar-refractivity contribution in [3.8, 4) is 11.5 Å². The number of thioether (sulfide) groups is 1. The summed E-state index contributed by atoms with van der Waals surface area (Å²) in [5.74, 6) is 0.940. The molecule has 3 aromatic rings. The lowest BCUT2D eigenvalue weighted by Gasteiger charge is -2.16. The van der Waals surface area contributed by atoms with Crippen LogP contribution in [0.1, 0.15) is 18.1 Å². The minimum absolute atomic E-state index is 0.253. The largest absolute Gasteiger partial charge is 0.490 e. The monoisotopic (exact) mass is 675 g/mol. The van der Waals surface area contributed by atoms with E-state index in [4.69, 9.17) is 56.5 Å². The summed E-state index contributed by atoms with van der Waals surface area (Å²) < 4.78 is 13.2. The van der Waals surface area contributed by atoms with Crippen LogP contribution >= 0.6 is 81.4 Å². The molecule has 0 aliphatic carbocycles. The fourth-order valence-corrected chi connectivity index (χ4v) is 6.08. The van der Waals surface area contributed by atoms with Gasteiger partial charge in [0.2, 0.25) is 0 Å². The fraction of sp³-hybridized carbons (Fsp3) is 0.120. The molecule has 1 aliphatic heterocycles. The van der Waals surface area contributed by atoms with Gasteiger partial charge >= 0.3 is 0 Å². The molecule has 1 fully saturated rings. The fourth-order valence-electron chi connectivity index (χ4n) is 3.33. The zero-order valence-corrected chi connectivity index (χ0v) is 24.2. The van der Waals surface area contributed by atoms with Gasteiger partial charge in [-0.2, -0.15) is 0 Å². The molecule has 35 heavy (non-hydrogen) atoms. The Labute approximate surface area is 241 Å². The van der Waals surface area contributed by atoms with Gasteiger partial charge in [0.25, 0.3) is 5.91 Å². The number of carbonyl (C=O) groups excluding carboxylic acids is 1. The maximum Gasteiger partial charge on any atom is 0.270 e. The zero-order valence-electron chi connectivity index (χ0n) is 18.2. The first-order valence-corrected chi connectivity index (χ1v) is 13.8. The maximum absolute atomic E-state index is 13.2. The molecule has 0 saturated carbocycles. The van der Waals surface area contributed by atoms with Crippen molar-refractivity contribution < 1.29 is 14.3 Å². The Kier molecular flexibility index (Phi) is 8.89. The van der Waals surface area contributed by atoms with Gasteiger partial charge in [0.05, 0.1) is 25.8 Å². The van der Waals surface area contributed by atoms with Gasteiger partial charge in [0.1, 0.15) is 6.61 Å². The van der Waals surface area contributed by atoms with Crippen molar-refractivity contribution in [2.24, 2.45) is 0 Å². The van der Waals surface area contributed by atoms with E-state index in [9.17, 15) is 4.79 Å². The van der Waals surface area contributed by atoms with Gasteiger partial charge < -0.3 is 9.47 Å². The van der Waals surface area contributed by atoms with Crippen LogP contribution in [0.2, 0.25) is 15.1 Å². The zero-order chi connectivity index (χ0) is 25.1. The molecular formula is C25H17Cl3INO3S2. The Balaban J connectivity index is 1.62. The first kappa shape index (κ1) is 26.6. The molecule has 1 saturated heterocycles. The van der Waals surface area contributed by atoms with Crippen LogP contribution in [-0.2, 0) is 11.4 Å². The van der Waals surface area contributed by atoms with Crippen LogP contribution in [0.15, 0.2) is 59.5 Å². The Morgan fingerprint density at radius 2 is 1.83 bits per heavy atom. The summed E-state index contributed by atoms with van der Waals surface area (Å²) in [7, 11) is 0. The van der Waals surface area contributed by atoms with Crippen molar-refractivity contribution in [1.29, 1.82) is 0 Å². The molecule has 0 spiro atoms. The molecule has 0 N–H and O–H groups in total. The summed E-state index contributed by atoms with van der Waals surface area (Å²) in [6, 6.07) is 16.2. The Hall–Kier alpha value is -1.49. The lowest BCUT2D eigenvalue weighted by molar-refractivity contribution is -0.113. The molecule has 1 aliphatic rings. The summed E-state index contributed by atoms with van der Waals surface area (Å²) in [5, 5.41) is 1.47. The quantitative estimate of drug-likeness (QED) is 0.142. The second-order valence-electron chi connectivity index (χ2n) is 7.26. The van der Waals surface area contributed by atoms with Crippen LogP contribution < -0.4 is 14.4 Å². The molecule has 4 rings (SSSR count). The minimum atomic E-state index is -0.253. The lowest BCUT2D eigenvalue weighted by atomic mass is 10.1. The number of rotatable bonds is 7. The highest BCUT2D eigenvalue weighted by molar-refractivity contribution is 14.1. The predicted octanol–water partition coefficient (Wildman–Crippen LogP) is 8.63. The van der Waals surface area contributed by atoms with Crippen LogP contribution in [0.4, 0.5) is 5.69 Å². The number of thiocarbonyl (C=S) groups is 1. The average Bonchev–Trinajstić information content (AvgIpc) is 3.07. The number of anilines is 1. The first-order valence-electron chi connectivity index (χ1n) is 10.3.